The average molecular weight is 423 g/mol. The van der Waals surface area contributed by atoms with Gasteiger partial charge >= 0.3 is 0 Å². The lowest BCUT2D eigenvalue weighted by Crippen LogP contribution is -1.89. The fourth-order valence-corrected chi connectivity index (χ4v) is 4.48. The first-order chi connectivity index (χ1) is 15.4. The van der Waals surface area contributed by atoms with E-state index in [0.717, 1.165) is 0 Å². The van der Waals surface area contributed by atoms with E-state index in [2.05, 4.69) is 126 Å². The minimum absolute atomic E-state index is 1.31. The van der Waals surface area contributed by atoms with Crippen molar-refractivity contribution in [3.05, 3.63) is 118 Å². The van der Waals surface area contributed by atoms with Crippen LogP contribution in [0.4, 0.5) is 0 Å². The first kappa shape index (κ1) is 24.8. The lowest BCUT2D eigenvalue weighted by atomic mass is 9.94. The summed E-state index contributed by atoms with van der Waals surface area (Å²) in [5.74, 6) is 0. The quantitative estimate of drug-likeness (QED) is 0.317. The van der Waals surface area contributed by atoms with Gasteiger partial charge < -0.3 is 4.79 Å². The summed E-state index contributed by atoms with van der Waals surface area (Å²) in [6.45, 7) is 15.0. The first-order valence-electron chi connectivity index (χ1n) is 10.9. The third kappa shape index (κ3) is 6.28. The molecule has 1 heteroatoms. The molecule has 0 bridgehead atoms. The maximum Gasteiger partial charge on any atom is 0.106 e. The summed E-state index contributed by atoms with van der Waals surface area (Å²) in [5, 5.41) is 0. The van der Waals surface area contributed by atoms with Crippen molar-refractivity contribution in [2.75, 3.05) is 0 Å². The van der Waals surface area contributed by atoms with E-state index in [-0.39, 0.29) is 0 Å². The maximum atomic E-state index is 8.00. The third-order valence-electron chi connectivity index (χ3n) is 5.48. The molecule has 1 nitrogen and oxygen atoms in total. The molecule has 4 aromatic rings. The molecule has 0 spiro atoms. The molecule has 0 amide bonds. The summed E-state index contributed by atoms with van der Waals surface area (Å²) in [4.78, 5) is 8.00. The van der Waals surface area contributed by atoms with Crippen molar-refractivity contribution in [1.82, 2.24) is 0 Å². The summed E-state index contributed by atoms with van der Waals surface area (Å²) in [5.41, 5.74) is 13.5. The molecule has 0 unspecified atom stereocenters. The molecular formula is C31H34O. The standard InChI is InChI=1S/2C15H16.CH2O/c2*1-11-9-12(2)15(13(3)10-11)14-7-5-4-6-8-14;1-2/h2*4-10H,1-3H3;1H2. The molecule has 0 aliphatic heterocycles. The molecule has 164 valence electrons. The topological polar surface area (TPSA) is 17.1 Å². The number of benzene rings is 4. The fraction of sp³-hybridized carbons (Fsp3) is 0.194. The molecule has 0 radical (unpaired) electrons. The Kier molecular flexibility index (Phi) is 9.16. The summed E-state index contributed by atoms with van der Waals surface area (Å²) >= 11 is 0. The van der Waals surface area contributed by atoms with E-state index in [1.807, 2.05) is 6.79 Å². The highest BCUT2D eigenvalue weighted by atomic mass is 16.1. The minimum atomic E-state index is 1.31. The predicted molar refractivity (Wildman–Crippen MR) is 139 cm³/mol. The minimum Gasteiger partial charge on any atom is -0.307 e. The van der Waals surface area contributed by atoms with Gasteiger partial charge in [-0.3, -0.25) is 0 Å². The Bertz CT molecular complexity index is 1000. The van der Waals surface area contributed by atoms with Crippen molar-refractivity contribution in [3.63, 3.8) is 0 Å². The summed E-state index contributed by atoms with van der Waals surface area (Å²) < 4.78 is 0. The van der Waals surface area contributed by atoms with Gasteiger partial charge in [-0.1, -0.05) is 96.1 Å². The van der Waals surface area contributed by atoms with Crippen molar-refractivity contribution >= 4 is 6.79 Å². The smallest absolute Gasteiger partial charge is 0.106 e. The van der Waals surface area contributed by atoms with Crippen LogP contribution in [-0.2, 0) is 4.79 Å². The summed E-state index contributed by atoms with van der Waals surface area (Å²) in [7, 11) is 0. The van der Waals surface area contributed by atoms with Crippen LogP contribution in [0.1, 0.15) is 33.4 Å². The van der Waals surface area contributed by atoms with E-state index in [1.54, 1.807) is 0 Å². The molecular weight excluding hydrogens is 388 g/mol. The molecule has 0 aliphatic rings. The molecule has 0 N–H and O–H groups in total. The Morgan fingerprint density at radius 3 is 0.938 bits per heavy atom. The fourth-order valence-electron chi connectivity index (χ4n) is 4.48. The lowest BCUT2D eigenvalue weighted by molar-refractivity contribution is -0.0979. The number of rotatable bonds is 2. The van der Waals surface area contributed by atoms with Crippen molar-refractivity contribution in [2.45, 2.75) is 41.5 Å². The van der Waals surface area contributed by atoms with Gasteiger partial charge in [-0.05, 0) is 86.1 Å². The zero-order valence-electron chi connectivity index (χ0n) is 20.2. The highest BCUT2D eigenvalue weighted by Gasteiger charge is 2.06. The SMILES string of the molecule is C=O.Cc1cc(C)c(-c2ccccc2)c(C)c1.Cc1cc(C)c(-c2ccccc2)c(C)c1. The van der Waals surface area contributed by atoms with Gasteiger partial charge in [0.15, 0.2) is 0 Å². The van der Waals surface area contributed by atoms with Gasteiger partial charge in [0.25, 0.3) is 0 Å². The van der Waals surface area contributed by atoms with Crippen LogP contribution in [0.3, 0.4) is 0 Å². The summed E-state index contributed by atoms with van der Waals surface area (Å²) in [6.07, 6.45) is 0. The Labute approximate surface area is 193 Å². The van der Waals surface area contributed by atoms with Crippen molar-refractivity contribution < 1.29 is 4.79 Å². The number of hydrogen-bond acceptors (Lipinski definition) is 1. The van der Waals surface area contributed by atoms with E-state index >= 15 is 0 Å². The number of carbonyl (C=O) groups is 1. The largest absolute Gasteiger partial charge is 0.307 e. The van der Waals surface area contributed by atoms with Crippen LogP contribution >= 0.6 is 0 Å². The third-order valence-corrected chi connectivity index (χ3v) is 5.48. The van der Waals surface area contributed by atoms with E-state index in [9.17, 15) is 0 Å². The maximum absolute atomic E-state index is 8.00. The van der Waals surface area contributed by atoms with Crippen molar-refractivity contribution in [1.29, 1.82) is 0 Å². The molecule has 4 aromatic carbocycles. The Hall–Kier alpha value is -3.45. The molecule has 0 aliphatic carbocycles. The number of hydrogen-bond donors (Lipinski definition) is 0. The molecule has 0 saturated carbocycles. The van der Waals surface area contributed by atoms with Crippen LogP contribution in [0.2, 0.25) is 0 Å². The highest BCUT2D eigenvalue weighted by molar-refractivity contribution is 5.72. The van der Waals surface area contributed by atoms with Crippen LogP contribution in [-0.4, -0.2) is 6.79 Å². The van der Waals surface area contributed by atoms with Crippen LogP contribution in [0.15, 0.2) is 84.9 Å². The molecule has 0 heterocycles. The lowest BCUT2D eigenvalue weighted by Gasteiger charge is -2.11. The predicted octanol–water partition coefficient (Wildman–Crippen LogP) is 8.37. The second-order valence-corrected chi connectivity index (χ2v) is 8.28. The normalized spacial score (nSPS) is 9.81. The zero-order chi connectivity index (χ0) is 23.7. The molecule has 0 fully saturated rings. The molecule has 32 heavy (non-hydrogen) atoms. The van der Waals surface area contributed by atoms with Crippen LogP contribution < -0.4 is 0 Å². The van der Waals surface area contributed by atoms with Crippen molar-refractivity contribution in [2.24, 2.45) is 0 Å². The van der Waals surface area contributed by atoms with Gasteiger partial charge in [0.05, 0.1) is 0 Å². The first-order valence-corrected chi connectivity index (χ1v) is 10.9. The number of aryl methyl sites for hydroxylation is 6. The van der Waals surface area contributed by atoms with Crippen LogP contribution in [0.5, 0.6) is 0 Å². The summed E-state index contributed by atoms with van der Waals surface area (Å²) in [6, 6.07) is 30.1. The van der Waals surface area contributed by atoms with Gasteiger partial charge in [-0.25, -0.2) is 0 Å². The molecule has 4 rings (SSSR count). The van der Waals surface area contributed by atoms with Gasteiger partial charge in [-0.15, -0.1) is 0 Å². The van der Waals surface area contributed by atoms with E-state index in [1.165, 1.54) is 55.6 Å². The highest BCUT2D eigenvalue weighted by Crippen LogP contribution is 2.28. The second-order valence-electron chi connectivity index (χ2n) is 8.28. The van der Waals surface area contributed by atoms with E-state index in [0.29, 0.717) is 0 Å². The van der Waals surface area contributed by atoms with E-state index in [4.69, 9.17) is 4.79 Å². The van der Waals surface area contributed by atoms with Gasteiger partial charge in [0, 0.05) is 0 Å². The second kappa shape index (κ2) is 11.8. The van der Waals surface area contributed by atoms with Gasteiger partial charge in [0.2, 0.25) is 0 Å². The monoisotopic (exact) mass is 422 g/mol. The van der Waals surface area contributed by atoms with Gasteiger partial charge in [0.1, 0.15) is 6.79 Å². The molecule has 0 saturated heterocycles. The number of carbonyl (C=O) groups excluding carboxylic acids is 1. The van der Waals surface area contributed by atoms with Gasteiger partial charge in [-0.2, -0.15) is 0 Å². The Morgan fingerprint density at radius 2 is 0.688 bits per heavy atom. The Morgan fingerprint density at radius 1 is 0.438 bits per heavy atom. The molecule has 0 aromatic heterocycles. The van der Waals surface area contributed by atoms with Crippen molar-refractivity contribution in [3.8, 4) is 22.3 Å². The molecule has 0 atom stereocenters. The Balaban J connectivity index is 0.000000211. The average Bonchev–Trinajstić information content (AvgIpc) is 2.76. The van der Waals surface area contributed by atoms with E-state index < -0.39 is 0 Å². The van der Waals surface area contributed by atoms with Crippen LogP contribution in [0, 0.1) is 41.5 Å². The van der Waals surface area contributed by atoms with Crippen LogP contribution in [0.25, 0.3) is 22.3 Å². The zero-order valence-corrected chi connectivity index (χ0v) is 20.2.